The maximum Gasteiger partial charge on any atom is 0.251 e. The van der Waals surface area contributed by atoms with Crippen LogP contribution in [0.1, 0.15) is 15.9 Å². The lowest BCUT2D eigenvalue weighted by atomic mass is 10.1. The average molecular weight is 411 g/mol. The molecule has 1 aromatic carbocycles. The van der Waals surface area contributed by atoms with Crippen LogP contribution < -0.4 is 10.6 Å². The van der Waals surface area contributed by atoms with Crippen molar-refractivity contribution >= 4 is 34.5 Å². The summed E-state index contributed by atoms with van der Waals surface area (Å²) in [5.74, 6) is 0.472. The molecule has 0 radical (unpaired) electrons. The fraction of sp³-hybridized carbons (Fsp3) is 0.316. The number of carbonyl (C=O) groups excluding carboxylic acids is 1. The lowest BCUT2D eigenvalue weighted by molar-refractivity contribution is 0.0952. The van der Waals surface area contributed by atoms with E-state index in [-0.39, 0.29) is 5.91 Å². The van der Waals surface area contributed by atoms with Crippen molar-refractivity contribution in [1.82, 2.24) is 25.1 Å². The number of methoxy groups -OCH3 is 1. The first-order valence-electron chi connectivity index (χ1n) is 8.95. The summed E-state index contributed by atoms with van der Waals surface area (Å²) in [5.41, 5.74) is 1.60. The van der Waals surface area contributed by atoms with E-state index in [0.29, 0.717) is 54.0 Å². The van der Waals surface area contributed by atoms with Gasteiger partial charge in [-0.25, -0.2) is 14.6 Å². The molecule has 29 heavy (non-hydrogen) atoms. The van der Waals surface area contributed by atoms with Crippen LogP contribution in [0.4, 0.5) is 5.82 Å². The molecule has 0 saturated carbocycles. The predicted molar refractivity (Wildman–Crippen MR) is 111 cm³/mol. The molecule has 0 bridgehead atoms. The molecule has 10 heteroatoms. The highest BCUT2D eigenvalue weighted by molar-refractivity contribution is 7.98. The Morgan fingerprint density at radius 3 is 2.97 bits per heavy atom. The van der Waals surface area contributed by atoms with Crippen LogP contribution in [0.2, 0.25) is 0 Å². The summed E-state index contributed by atoms with van der Waals surface area (Å²) < 4.78 is 6.81. The Morgan fingerprint density at radius 2 is 2.21 bits per heavy atom. The molecule has 3 aromatic rings. The molecule has 9 nitrogen and oxygen atoms in total. The zero-order valence-corrected chi connectivity index (χ0v) is 17.0. The number of rotatable bonds is 9. The molecule has 0 unspecified atom stereocenters. The standard InChI is InChI=1S/C19H21N7O2S/c1-28-9-7-21-16-15-12-23-26(17(15)25-19(24-16)29-2)8-6-22-18(27)14-5-3-4-13(10-14)11-20/h3-5,10,12H,6-9H2,1-2H3,(H,22,27)(H,21,24,25). The van der Waals surface area contributed by atoms with Gasteiger partial charge in [0.05, 0.1) is 36.4 Å². The SMILES string of the molecule is COCCNc1nc(SC)nc2c1cnn2CCNC(=O)c1cccc(C#N)c1. The molecule has 2 aromatic heterocycles. The number of thioether (sulfide) groups is 1. The molecule has 0 aliphatic rings. The number of carbonyl (C=O) groups is 1. The first-order valence-corrected chi connectivity index (χ1v) is 10.2. The normalized spacial score (nSPS) is 10.7. The fourth-order valence-electron chi connectivity index (χ4n) is 2.70. The Balaban J connectivity index is 1.70. The smallest absolute Gasteiger partial charge is 0.251 e. The Bertz CT molecular complexity index is 1040. The van der Waals surface area contributed by atoms with Crippen LogP contribution in [0.25, 0.3) is 11.0 Å². The molecular weight excluding hydrogens is 390 g/mol. The Kier molecular flexibility index (Phi) is 6.99. The molecule has 2 N–H and O–H groups in total. The summed E-state index contributed by atoms with van der Waals surface area (Å²) in [4.78, 5) is 21.4. The average Bonchev–Trinajstić information content (AvgIpc) is 3.16. The van der Waals surface area contributed by atoms with Crippen molar-refractivity contribution < 1.29 is 9.53 Å². The van der Waals surface area contributed by atoms with E-state index in [1.807, 2.05) is 12.3 Å². The van der Waals surface area contributed by atoms with E-state index in [0.717, 1.165) is 5.39 Å². The van der Waals surface area contributed by atoms with Crippen LogP contribution >= 0.6 is 11.8 Å². The topological polar surface area (TPSA) is 118 Å². The Labute approximate surface area is 172 Å². The summed E-state index contributed by atoms with van der Waals surface area (Å²) in [7, 11) is 1.65. The number of amides is 1. The zero-order valence-electron chi connectivity index (χ0n) is 16.2. The van der Waals surface area contributed by atoms with Crippen molar-refractivity contribution in [2.24, 2.45) is 0 Å². The van der Waals surface area contributed by atoms with Gasteiger partial charge in [-0.2, -0.15) is 10.4 Å². The van der Waals surface area contributed by atoms with Gasteiger partial charge in [0.1, 0.15) is 5.82 Å². The lowest BCUT2D eigenvalue weighted by Gasteiger charge is -2.09. The summed E-state index contributed by atoms with van der Waals surface area (Å²) in [6.07, 6.45) is 3.63. The van der Waals surface area contributed by atoms with Gasteiger partial charge in [-0.1, -0.05) is 17.8 Å². The van der Waals surface area contributed by atoms with Gasteiger partial charge in [-0.3, -0.25) is 4.79 Å². The number of fused-ring (bicyclic) bond motifs is 1. The molecule has 0 aliphatic carbocycles. The Hall–Kier alpha value is -3.16. The number of nitrogens with zero attached hydrogens (tertiary/aromatic N) is 5. The van der Waals surface area contributed by atoms with Crippen molar-refractivity contribution in [2.45, 2.75) is 11.7 Å². The highest BCUT2D eigenvalue weighted by Crippen LogP contribution is 2.23. The van der Waals surface area contributed by atoms with Gasteiger partial charge in [-0.05, 0) is 24.5 Å². The number of nitrogens with one attached hydrogen (secondary N) is 2. The largest absolute Gasteiger partial charge is 0.383 e. The molecular formula is C19H21N7O2S. The number of hydrogen-bond acceptors (Lipinski definition) is 8. The van der Waals surface area contributed by atoms with Crippen molar-refractivity contribution in [3.8, 4) is 6.07 Å². The van der Waals surface area contributed by atoms with E-state index in [2.05, 4.69) is 25.7 Å². The van der Waals surface area contributed by atoms with Crippen LogP contribution in [0.3, 0.4) is 0 Å². The van der Waals surface area contributed by atoms with E-state index in [1.54, 1.807) is 42.3 Å². The highest BCUT2D eigenvalue weighted by atomic mass is 32.2. The van der Waals surface area contributed by atoms with Crippen LogP contribution in [-0.4, -0.2) is 58.7 Å². The number of aromatic nitrogens is 4. The lowest BCUT2D eigenvalue weighted by Crippen LogP contribution is -2.27. The number of nitriles is 1. The van der Waals surface area contributed by atoms with E-state index < -0.39 is 0 Å². The van der Waals surface area contributed by atoms with Gasteiger partial charge in [-0.15, -0.1) is 0 Å². The first-order chi connectivity index (χ1) is 14.2. The quantitative estimate of drug-likeness (QED) is 0.311. The number of benzene rings is 1. The molecule has 0 aliphatic heterocycles. The van der Waals surface area contributed by atoms with Gasteiger partial charge in [0.15, 0.2) is 10.8 Å². The molecule has 150 valence electrons. The third kappa shape index (κ3) is 5.01. The molecule has 0 atom stereocenters. The second-order valence-electron chi connectivity index (χ2n) is 6.03. The van der Waals surface area contributed by atoms with Gasteiger partial charge >= 0.3 is 0 Å². The minimum Gasteiger partial charge on any atom is -0.383 e. The molecule has 0 spiro atoms. The van der Waals surface area contributed by atoms with Crippen molar-refractivity contribution in [2.75, 3.05) is 38.4 Å². The third-order valence-electron chi connectivity index (χ3n) is 4.12. The van der Waals surface area contributed by atoms with Gasteiger partial charge < -0.3 is 15.4 Å². The molecule has 3 rings (SSSR count). The van der Waals surface area contributed by atoms with E-state index in [1.165, 1.54) is 11.8 Å². The van der Waals surface area contributed by atoms with E-state index in [4.69, 9.17) is 10.00 Å². The minimum atomic E-state index is -0.236. The predicted octanol–water partition coefficient (Wildman–Crippen LogP) is 1.91. The fourth-order valence-corrected chi connectivity index (χ4v) is 3.06. The third-order valence-corrected chi connectivity index (χ3v) is 4.67. The highest BCUT2D eigenvalue weighted by Gasteiger charge is 2.13. The van der Waals surface area contributed by atoms with Crippen LogP contribution in [0.15, 0.2) is 35.6 Å². The number of anilines is 1. The van der Waals surface area contributed by atoms with Gasteiger partial charge in [0.25, 0.3) is 5.91 Å². The summed E-state index contributed by atoms with van der Waals surface area (Å²) >= 11 is 1.45. The number of hydrogen-bond donors (Lipinski definition) is 2. The molecule has 2 heterocycles. The summed E-state index contributed by atoms with van der Waals surface area (Å²) in [6, 6.07) is 8.62. The van der Waals surface area contributed by atoms with Crippen molar-refractivity contribution in [3.63, 3.8) is 0 Å². The van der Waals surface area contributed by atoms with E-state index in [9.17, 15) is 4.79 Å². The maximum atomic E-state index is 12.3. The van der Waals surface area contributed by atoms with Crippen molar-refractivity contribution in [1.29, 1.82) is 5.26 Å². The zero-order chi connectivity index (χ0) is 20.6. The Morgan fingerprint density at radius 1 is 1.34 bits per heavy atom. The summed E-state index contributed by atoms with van der Waals surface area (Å²) in [5, 5.41) is 20.9. The van der Waals surface area contributed by atoms with Crippen molar-refractivity contribution in [3.05, 3.63) is 41.6 Å². The van der Waals surface area contributed by atoms with Crippen LogP contribution in [0, 0.1) is 11.3 Å². The van der Waals surface area contributed by atoms with Gasteiger partial charge in [0, 0.05) is 25.8 Å². The minimum absolute atomic E-state index is 0.236. The second-order valence-corrected chi connectivity index (χ2v) is 6.81. The first kappa shape index (κ1) is 20.6. The second kappa shape index (κ2) is 9.86. The van der Waals surface area contributed by atoms with Crippen LogP contribution in [-0.2, 0) is 11.3 Å². The number of ether oxygens (including phenoxy) is 1. The maximum absolute atomic E-state index is 12.3. The molecule has 0 fully saturated rings. The monoisotopic (exact) mass is 411 g/mol. The summed E-state index contributed by atoms with van der Waals surface area (Å²) in [6.45, 7) is 2.01. The van der Waals surface area contributed by atoms with Crippen LogP contribution in [0.5, 0.6) is 0 Å². The molecule has 0 saturated heterocycles. The van der Waals surface area contributed by atoms with E-state index >= 15 is 0 Å². The molecule has 1 amide bonds. The van der Waals surface area contributed by atoms with Gasteiger partial charge in [0.2, 0.25) is 0 Å².